The molecule has 0 amide bonds. The van der Waals surface area contributed by atoms with Crippen molar-refractivity contribution in [3.05, 3.63) is 34.9 Å². The molecular weight excluding hydrogens is 286 g/mol. The maximum Gasteiger partial charge on any atom is 0.0406 e. The zero-order valence-corrected chi connectivity index (χ0v) is 14.0. The standard InChI is InChI=1S/C17H26ClNS/c1-2-19-16-7-5-3-4-6-8-17(16)20-13-14-9-11-15(18)12-10-14/h9-12,16-17,19H,2-8,13H2,1H3. The first-order valence-corrected chi connectivity index (χ1v) is 9.31. The molecule has 1 nitrogen and oxygen atoms in total. The molecule has 112 valence electrons. The second-order valence-electron chi connectivity index (χ2n) is 5.63. The summed E-state index contributed by atoms with van der Waals surface area (Å²) in [6.07, 6.45) is 8.30. The minimum Gasteiger partial charge on any atom is -0.313 e. The van der Waals surface area contributed by atoms with Gasteiger partial charge in [-0.1, -0.05) is 56.3 Å². The van der Waals surface area contributed by atoms with Gasteiger partial charge in [0.15, 0.2) is 0 Å². The van der Waals surface area contributed by atoms with Gasteiger partial charge < -0.3 is 5.32 Å². The Morgan fingerprint density at radius 1 is 1.10 bits per heavy atom. The van der Waals surface area contributed by atoms with E-state index >= 15 is 0 Å². The average Bonchev–Trinajstić information content (AvgIpc) is 2.43. The maximum absolute atomic E-state index is 5.95. The molecule has 0 saturated heterocycles. The molecule has 0 bridgehead atoms. The van der Waals surface area contributed by atoms with E-state index in [-0.39, 0.29) is 0 Å². The Morgan fingerprint density at radius 3 is 2.50 bits per heavy atom. The number of halogens is 1. The van der Waals surface area contributed by atoms with E-state index in [1.807, 2.05) is 12.1 Å². The average molecular weight is 312 g/mol. The lowest BCUT2D eigenvalue weighted by Gasteiger charge is -2.29. The summed E-state index contributed by atoms with van der Waals surface area (Å²) in [5.41, 5.74) is 1.39. The molecule has 2 rings (SSSR count). The van der Waals surface area contributed by atoms with E-state index in [4.69, 9.17) is 11.6 Å². The van der Waals surface area contributed by atoms with Crippen molar-refractivity contribution in [2.45, 2.75) is 62.5 Å². The van der Waals surface area contributed by atoms with Crippen LogP contribution < -0.4 is 5.32 Å². The van der Waals surface area contributed by atoms with Gasteiger partial charge in [0, 0.05) is 22.1 Å². The SMILES string of the molecule is CCNC1CCCCCCC1SCc1ccc(Cl)cc1. The summed E-state index contributed by atoms with van der Waals surface area (Å²) in [7, 11) is 0. The number of nitrogens with one attached hydrogen (secondary N) is 1. The Balaban J connectivity index is 1.90. The van der Waals surface area contributed by atoms with E-state index in [1.54, 1.807) is 0 Å². The van der Waals surface area contributed by atoms with Gasteiger partial charge in [-0.2, -0.15) is 11.8 Å². The van der Waals surface area contributed by atoms with Crippen molar-refractivity contribution in [1.82, 2.24) is 5.32 Å². The molecule has 0 spiro atoms. The summed E-state index contributed by atoms with van der Waals surface area (Å²) in [4.78, 5) is 0. The normalized spacial score (nSPS) is 24.1. The van der Waals surface area contributed by atoms with E-state index in [0.717, 1.165) is 22.6 Å². The van der Waals surface area contributed by atoms with Crippen LogP contribution in [0.4, 0.5) is 0 Å². The lowest BCUT2D eigenvalue weighted by atomic mass is 9.96. The first kappa shape index (κ1) is 16.2. The van der Waals surface area contributed by atoms with Gasteiger partial charge in [0.2, 0.25) is 0 Å². The summed E-state index contributed by atoms with van der Waals surface area (Å²) in [6.45, 7) is 3.31. The Labute approximate surface area is 132 Å². The topological polar surface area (TPSA) is 12.0 Å². The molecule has 1 aromatic carbocycles. The first-order valence-electron chi connectivity index (χ1n) is 7.89. The van der Waals surface area contributed by atoms with Crippen molar-refractivity contribution >= 4 is 23.4 Å². The molecule has 1 fully saturated rings. The predicted molar refractivity (Wildman–Crippen MR) is 91.7 cm³/mol. The van der Waals surface area contributed by atoms with Crippen LogP contribution in [0.1, 0.15) is 51.0 Å². The van der Waals surface area contributed by atoms with E-state index in [9.17, 15) is 0 Å². The van der Waals surface area contributed by atoms with E-state index in [1.165, 1.54) is 44.1 Å². The van der Waals surface area contributed by atoms with Crippen LogP contribution in [0, 0.1) is 0 Å². The minimum absolute atomic E-state index is 0.692. The highest BCUT2D eigenvalue weighted by Crippen LogP contribution is 2.29. The fourth-order valence-corrected chi connectivity index (χ4v) is 4.45. The van der Waals surface area contributed by atoms with E-state index < -0.39 is 0 Å². The lowest BCUT2D eigenvalue weighted by molar-refractivity contribution is 0.406. The van der Waals surface area contributed by atoms with Crippen LogP contribution in [-0.2, 0) is 5.75 Å². The van der Waals surface area contributed by atoms with Crippen LogP contribution in [0.15, 0.2) is 24.3 Å². The summed E-state index contributed by atoms with van der Waals surface area (Å²) in [5, 5.41) is 5.29. The van der Waals surface area contributed by atoms with Gasteiger partial charge in [0.25, 0.3) is 0 Å². The monoisotopic (exact) mass is 311 g/mol. The molecule has 1 saturated carbocycles. The number of hydrogen-bond acceptors (Lipinski definition) is 2. The van der Waals surface area contributed by atoms with Gasteiger partial charge >= 0.3 is 0 Å². The number of thioether (sulfide) groups is 1. The number of benzene rings is 1. The van der Waals surface area contributed by atoms with Crippen molar-refractivity contribution < 1.29 is 0 Å². The highest BCUT2D eigenvalue weighted by molar-refractivity contribution is 7.99. The Bertz CT molecular complexity index is 379. The zero-order valence-electron chi connectivity index (χ0n) is 12.4. The van der Waals surface area contributed by atoms with Crippen LogP contribution in [0.5, 0.6) is 0 Å². The molecule has 1 aliphatic carbocycles. The number of hydrogen-bond donors (Lipinski definition) is 1. The largest absolute Gasteiger partial charge is 0.313 e. The Morgan fingerprint density at radius 2 is 1.80 bits per heavy atom. The molecule has 0 heterocycles. The maximum atomic E-state index is 5.95. The second-order valence-corrected chi connectivity index (χ2v) is 7.30. The smallest absolute Gasteiger partial charge is 0.0406 e. The first-order chi connectivity index (χ1) is 9.79. The Hall–Kier alpha value is -0.180. The molecular formula is C17H26ClNS. The van der Waals surface area contributed by atoms with Crippen molar-refractivity contribution in [3.8, 4) is 0 Å². The number of rotatable bonds is 5. The highest BCUT2D eigenvalue weighted by atomic mass is 35.5. The van der Waals surface area contributed by atoms with Gasteiger partial charge in [0.05, 0.1) is 0 Å². The second kappa shape index (κ2) is 8.96. The highest BCUT2D eigenvalue weighted by Gasteiger charge is 2.22. The fraction of sp³-hybridized carbons (Fsp3) is 0.647. The molecule has 1 N–H and O–H groups in total. The van der Waals surface area contributed by atoms with Gasteiger partial charge in [-0.05, 0) is 37.1 Å². The predicted octanol–water partition coefficient (Wildman–Crippen LogP) is 5.27. The third kappa shape index (κ3) is 5.31. The minimum atomic E-state index is 0.692. The van der Waals surface area contributed by atoms with E-state index in [2.05, 4.69) is 36.1 Å². The molecule has 0 aliphatic heterocycles. The third-order valence-corrected chi connectivity index (χ3v) is 5.79. The van der Waals surface area contributed by atoms with Crippen molar-refractivity contribution in [2.75, 3.05) is 6.54 Å². The van der Waals surface area contributed by atoms with Crippen LogP contribution in [0.2, 0.25) is 5.02 Å². The molecule has 1 aromatic rings. The summed E-state index contributed by atoms with van der Waals surface area (Å²) >= 11 is 8.07. The van der Waals surface area contributed by atoms with Crippen LogP contribution in [0.3, 0.4) is 0 Å². The molecule has 0 radical (unpaired) electrons. The van der Waals surface area contributed by atoms with Gasteiger partial charge in [-0.25, -0.2) is 0 Å². The summed E-state index contributed by atoms with van der Waals surface area (Å²) in [5.74, 6) is 1.10. The summed E-state index contributed by atoms with van der Waals surface area (Å²) < 4.78 is 0. The summed E-state index contributed by atoms with van der Waals surface area (Å²) in [6, 6.07) is 8.99. The fourth-order valence-electron chi connectivity index (χ4n) is 2.93. The van der Waals surface area contributed by atoms with Gasteiger partial charge in [0.1, 0.15) is 0 Å². The van der Waals surface area contributed by atoms with Gasteiger partial charge in [-0.15, -0.1) is 0 Å². The molecule has 3 heteroatoms. The molecule has 1 aliphatic rings. The quantitative estimate of drug-likeness (QED) is 0.794. The van der Waals surface area contributed by atoms with Crippen molar-refractivity contribution in [2.24, 2.45) is 0 Å². The molecule has 20 heavy (non-hydrogen) atoms. The van der Waals surface area contributed by atoms with Crippen LogP contribution in [-0.4, -0.2) is 17.8 Å². The third-order valence-electron chi connectivity index (χ3n) is 4.05. The van der Waals surface area contributed by atoms with Crippen LogP contribution >= 0.6 is 23.4 Å². The van der Waals surface area contributed by atoms with E-state index in [0.29, 0.717) is 6.04 Å². The van der Waals surface area contributed by atoms with Crippen LogP contribution in [0.25, 0.3) is 0 Å². The zero-order chi connectivity index (χ0) is 14.2. The lowest BCUT2D eigenvalue weighted by Crippen LogP contribution is -2.38. The molecule has 2 unspecified atom stereocenters. The molecule has 0 aromatic heterocycles. The van der Waals surface area contributed by atoms with Crippen molar-refractivity contribution in [3.63, 3.8) is 0 Å². The van der Waals surface area contributed by atoms with Crippen molar-refractivity contribution in [1.29, 1.82) is 0 Å². The van der Waals surface area contributed by atoms with Gasteiger partial charge in [-0.3, -0.25) is 0 Å². The Kier molecular flexibility index (Phi) is 7.26. The molecule has 2 atom stereocenters.